The van der Waals surface area contributed by atoms with E-state index in [9.17, 15) is 4.79 Å². The number of hydrogen-bond donors (Lipinski definition) is 0. The van der Waals surface area contributed by atoms with Gasteiger partial charge < -0.3 is 19.3 Å². The van der Waals surface area contributed by atoms with Crippen molar-refractivity contribution in [2.45, 2.75) is 77.9 Å². The van der Waals surface area contributed by atoms with Crippen LogP contribution in [0.25, 0.3) is 0 Å². The molecule has 0 N–H and O–H groups in total. The van der Waals surface area contributed by atoms with Crippen LogP contribution in [0.3, 0.4) is 0 Å². The molecule has 1 rings (SSSR count). The summed E-state index contributed by atoms with van der Waals surface area (Å²) in [5, 5.41) is 0. The van der Waals surface area contributed by atoms with E-state index in [1.807, 2.05) is 18.7 Å². The van der Waals surface area contributed by atoms with Gasteiger partial charge in [-0.1, -0.05) is 39.0 Å². The second kappa shape index (κ2) is 12.7. The lowest BCUT2D eigenvalue weighted by atomic mass is 10.1. The third-order valence-electron chi connectivity index (χ3n) is 4.94. The lowest BCUT2D eigenvalue weighted by Gasteiger charge is -2.37. The summed E-state index contributed by atoms with van der Waals surface area (Å²) in [6, 6.07) is 0. The molecular weight excluding hydrogens is 328 g/mol. The molecule has 5 heteroatoms. The molecule has 5 nitrogen and oxygen atoms in total. The minimum absolute atomic E-state index is 0.274. The molecule has 1 amide bonds. The number of carbonyl (C=O) groups is 1. The molecule has 0 aromatic rings. The first-order valence-corrected chi connectivity index (χ1v) is 10.5. The van der Waals surface area contributed by atoms with Gasteiger partial charge in [0.25, 0.3) is 0 Å². The van der Waals surface area contributed by atoms with Crippen LogP contribution < -0.4 is 0 Å². The second-order valence-corrected chi connectivity index (χ2v) is 8.40. The van der Waals surface area contributed by atoms with Crippen molar-refractivity contribution in [1.82, 2.24) is 9.80 Å². The van der Waals surface area contributed by atoms with Crippen LogP contribution in [0.4, 0.5) is 0 Å². The summed E-state index contributed by atoms with van der Waals surface area (Å²) in [5.41, 5.74) is 0. The number of amides is 1. The molecular formula is C21H42N2O3. The largest absolute Gasteiger partial charge is 0.350 e. The molecule has 1 saturated heterocycles. The lowest BCUT2D eigenvalue weighted by molar-refractivity contribution is -0.263. The number of hydrogen-bond acceptors (Lipinski definition) is 4. The van der Waals surface area contributed by atoms with Crippen LogP contribution in [0.2, 0.25) is 0 Å². The first-order valence-electron chi connectivity index (χ1n) is 10.5. The first-order chi connectivity index (χ1) is 12.3. The number of nitrogens with zero attached hydrogens (tertiary/aromatic N) is 2. The Labute approximate surface area is 161 Å². The molecule has 0 atom stereocenters. The van der Waals surface area contributed by atoms with Crippen LogP contribution >= 0.6 is 0 Å². The number of rotatable bonds is 13. The van der Waals surface area contributed by atoms with Crippen LogP contribution in [-0.2, 0) is 14.3 Å². The van der Waals surface area contributed by atoms with Gasteiger partial charge in [0.15, 0.2) is 5.79 Å². The van der Waals surface area contributed by atoms with Gasteiger partial charge in [-0.3, -0.25) is 4.79 Å². The Hall–Kier alpha value is -0.650. The second-order valence-electron chi connectivity index (χ2n) is 8.40. The van der Waals surface area contributed by atoms with Gasteiger partial charge in [0.2, 0.25) is 5.91 Å². The summed E-state index contributed by atoms with van der Waals surface area (Å²) in [7, 11) is 4.15. The zero-order valence-electron chi connectivity index (χ0n) is 17.9. The number of carbonyl (C=O) groups excluding carboxylic acids is 1. The van der Waals surface area contributed by atoms with Crippen LogP contribution in [0.15, 0.2) is 0 Å². The summed E-state index contributed by atoms with van der Waals surface area (Å²) in [6.45, 7) is 10.0. The third-order valence-corrected chi connectivity index (χ3v) is 4.94. The average Bonchev–Trinajstić information content (AvgIpc) is 2.58. The standard InChI is InChI=1S/C21H42N2O3/c1-6-7-8-9-10-11-13-20(24)23(15-12-14-22(4)5)16-19-17-25-21(2,3)26-18-19/h19H,6-18H2,1-5H3. The highest BCUT2D eigenvalue weighted by atomic mass is 16.7. The van der Waals surface area contributed by atoms with E-state index in [0.717, 1.165) is 32.5 Å². The van der Waals surface area contributed by atoms with E-state index in [0.29, 0.717) is 25.5 Å². The van der Waals surface area contributed by atoms with Gasteiger partial charge >= 0.3 is 0 Å². The topological polar surface area (TPSA) is 42.0 Å². The Bertz CT molecular complexity index is 375. The van der Waals surface area contributed by atoms with Crippen molar-refractivity contribution >= 4 is 5.91 Å². The molecule has 0 spiro atoms. The van der Waals surface area contributed by atoms with Crippen molar-refractivity contribution in [2.75, 3.05) is 46.9 Å². The number of ether oxygens (including phenoxy) is 2. The molecule has 1 aliphatic heterocycles. The minimum Gasteiger partial charge on any atom is -0.350 e. The highest BCUT2D eigenvalue weighted by molar-refractivity contribution is 5.76. The Balaban J connectivity index is 2.40. The van der Waals surface area contributed by atoms with Gasteiger partial charge in [-0.15, -0.1) is 0 Å². The monoisotopic (exact) mass is 370 g/mol. The van der Waals surface area contributed by atoms with Crippen molar-refractivity contribution in [3.63, 3.8) is 0 Å². The molecule has 0 bridgehead atoms. The SMILES string of the molecule is CCCCCCCCC(=O)N(CCCN(C)C)CC1COC(C)(C)OC1. The Morgan fingerprint density at radius 1 is 0.962 bits per heavy atom. The fourth-order valence-corrected chi connectivity index (χ4v) is 3.25. The molecule has 0 aliphatic carbocycles. The molecule has 1 heterocycles. The molecule has 0 aromatic carbocycles. The van der Waals surface area contributed by atoms with Gasteiger partial charge in [0.05, 0.1) is 13.2 Å². The quantitative estimate of drug-likeness (QED) is 0.461. The fourth-order valence-electron chi connectivity index (χ4n) is 3.25. The van der Waals surface area contributed by atoms with Gasteiger partial charge in [-0.2, -0.15) is 0 Å². The predicted octanol–water partition coefficient (Wildman–Crippen LogP) is 3.92. The average molecular weight is 371 g/mol. The maximum Gasteiger partial charge on any atom is 0.222 e. The van der Waals surface area contributed by atoms with Gasteiger partial charge in [-0.05, 0) is 47.3 Å². The zero-order chi connectivity index (χ0) is 19.4. The van der Waals surface area contributed by atoms with E-state index in [4.69, 9.17) is 9.47 Å². The highest BCUT2D eigenvalue weighted by Gasteiger charge is 2.30. The Kier molecular flexibility index (Phi) is 11.4. The fraction of sp³-hybridized carbons (Fsp3) is 0.952. The predicted molar refractivity (Wildman–Crippen MR) is 107 cm³/mol. The molecule has 0 aromatic heterocycles. The molecule has 1 fully saturated rings. The summed E-state index contributed by atoms with van der Waals surface area (Å²) in [4.78, 5) is 17.0. The van der Waals surface area contributed by atoms with E-state index in [1.165, 1.54) is 32.1 Å². The van der Waals surface area contributed by atoms with Gasteiger partial charge in [0, 0.05) is 25.4 Å². The van der Waals surface area contributed by atoms with Crippen molar-refractivity contribution in [3.8, 4) is 0 Å². The minimum atomic E-state index is -0.491. The van der Waals surface area contributed by atoms with Crippen LogP contribution in [-0.4, -0.2) is 68.4 Å². The summed E-state index contributed by atoms with van der Waals surface area (Å²) < 4.78 is 11.5. The Morgan fingerprint density at radius 3 is 2.19 bits per heavy atom. The van der Waals surface area contributed by atoms with Crippen molar-refractivity contribution in [2.24, 2.45) is 5.92 Å². The molecule has 1 aliphatic rings. The number of unbranched alkanes of at least 4 members (excludes halogenated alkanes) is 5. The normalized spacial score (nSPS) is 17.6. The smallest absolute Gasteiger partial charge is 0.222 e. The van der Waals surface area contributed by atoms with Crippen LogP contribution in [0.5, 0.6) is 0 Å². The van der Waals surface area contributed by atoms with Crippen LogP contribution in [0.1, 0.15) is 72.1 Å². The molecule has 0 unspecified atom stereocenters. The molecule has 26 heavy (non-hydrogen) atoms. The first kappa shape index (κ1) is 23.4. The van der Waals surface area contributed by atoms with E-state index in [-0.39, 0.29) is 5.92 Å². The van der Waals surface area contributed by atoms with E-state index < -0.39 is 5.79 Å². The maximum absolute atomic E-state index is 12.7. The molecule has 0 radical (unpaired) electrons. The lowest BCUT2D eigenvalue weighted by Crippen LogP contribution is -2.45. The molecule has 154 valence electrons. The summed E-state index contributed by atoms with van der Waals surface area (Å²) in [5.74, 6) is 0.0781. The Morgan fingerprint density at radius 2 is 1.58 bits per heavy atom. The van der Waals surface area contributed by atoms with E-state index in [2.05, 4.69) is 25.9 Å². The van der Waals surface area contributed by atoms with Gasteiger partial charge in [0.1, 0.15) is 0 Å². The van der Waals surface area contributed by atoms with Crippen molar-refractivity contribution in [1.29, 1.82) is 0 Å². The summed E-state index contributed by atoms with van der Waals surface area (Å²) >= 11 is 0. The van der Waals surface area contributed by atoms with Crippen molar-refractivity contribution < 1.29 is 14.3 Å². The highest BCUT2D eigenvalue weighted by Crippen LogP contribution is 2.21. The zero-order valence-corrected chi connectivity index (χ0v) is 17.9. The van der Waals surface area contributed by atoms with Gasteiger partial charge in [-0.25, -0.2) is 0 Å². The van der Waals surface area contributed by atoms with E-state index in [1.54, 1.807) is 0 Å². The van der Waals surface area contributed by atoms with Crippen LogP contribution in [0, 0.1) is 5.92 Å². The van der Waals surface area contributed by atoms with Crippen molar-refractivity contribution in [3.05, 3.63) is 0 Å². The molecule has 0 saturated carbocycles. The third kappa shape index (κ3) is 10.5. The summed E-state index contributed by atoms with van der Waals surface area (Å²) in [6.07, 6.45) is 8.98. The maximum atomic E-state index is 12.7. The van der Waals surface area contributed by atoms with E-state index >= 15 is 0 Å².